The van der Waals surface area contributed by atoms with Gasteiger partial charge < -0.3 is 14.2 Å². The first-order valence-electron chi connectivity index (χ1n) is 8.74. The van der Waals surface area contributed by atoms with Crippen LogP contribution in [-0.4, -0.2) is 31.3 Å². The van der Waals surface area contributed by atoms with Crippen molar-refractivity contribution in [3.63, 3.8) is 0 Å². The number of carbonyl (C=O) groups excluding carboxylic acids is 2. The van der Waals surface area contributed by atoms with E-state index in [4.69, 9.17) is 9.47 Å². The monoisotopic (exact) mass is 362 g/mol. The lowest BCUT2D eigenvalue weighted by Gasteiger charge is -2.37. The van der Waals surface area contributed by atoms with E-state index in [2.05, 4.69) is 25.5 Å². The summed E-state index contributed by atoms with van der Waals surface area (Å²) >= 11 is 0. The Balaban J connectivity index is 2.97. The van der Waals surface area contributed by atoms with Crippen molar-refractivity contribution in [3.8, 4) is 0 Å². The van der Waals surface area contributed by atoms with Crippen LogP contribution in [-0.2, 0) is 30.4 Å². The summed E-state index contributed by atoms with van der Waals surface area (Å²) in [7, 11) is 1.30. The fourth-order valence-corrected chi connectivity index (χ4v) is 2.88. The highest BCUT2D eigenvalue weighted by Crippen LogP contribution is 2.32. The van der Waals surface area contributed by atoms with Crippen molar-refractivity contribution in [1.29, 1.82) is 0 Å². The predicted molar refractivity (Wildman–Crippen MR) is 100 cm³/mol. The third kappa shape index (κ3) is 7.40. The molecule has 144 valence electrons. The first-order chi connectivity index (χ1) is 12.1. The molecule has 3 atom stereocenters. The van der Waals surface area contributed by atoms with Gasteiger partial charge in [-0.1, -0.05) is 58.0 Å². The number of esters is 2. The highest BCUT2D eigenvalue weighted by atomic mass is 16.5. The lowest BCUT2D eigenvalue weighted by Crippen LogP contribution is -2.41. The maximum absolute atomic E-state index is 11.5. The fraction of sp³-hybridized carbons (Fsp3) is 0.524. The van der Waals surface area contributed by atoms with Crippen LogP contribution in [0.2, 0.25) is 0 Å². The van der Waals surface area contributed by atoms with Gasteiger partial charge in [0.2, 0.25) is 0 Å². The van der Waals surface area contributed by atoms with Gasteiger partial charge >= 0.3 is 11.9 Å². The zero-order valence-corrected chi connectivity index (χ0v) is 16.5. The third-order valence-corrected chi connectivity index (χ3v) is 4.05. The zero-order chi connectivity index (χ0) is 19.7. The summed E-state index contributed by atoms with van der Waals surface area (Å²) < 4.78 is 16.3. The molecule has 0 heterocycles. The first kappa shape index (κ1) is 21.9. The Morgan fingerprint density at radius 3 is 2.27 bits per heavy atom. The average Bonchev–Trinajstić information content (AvgIpc) is 2.57. The van der Waals surface area contributed by atoms with E-state index in [0.717, 1.165) is 5.56 Å². The molecule has 1 aromatic carbocycles. The van der Waals surface area contributed by atoms with Gasteiger partial charge in [-0.3, -0.25) is 4.79 Å². The normalized spacial score (nSPS) is 15.3. The SMILES string of the molecule is COC(=O)/C=C/[C@H](OC(C)=O)[C@@H](C)[C@@H](OCc1ccccc1)C(C)(C)C. The molecule has 0 aliphatic rings. The number of benzene rings is 1. The lowest BCUT2D eigenvalue weighted by atomic mass is 9.79. The summed E-state index contributed by atoms with van der Waals surface area (Å²) in [5.41, 5.74) is 0.884. The lowest BCUT2D eigenvalue weighted by molar-refractivity contribution is -0.152. The molecule has 0 aliphatic heterocycles. The van der Waals surface area contributed by atoms with Crippen molar-refractivity contribution in [3.05, 3.63) is 48.0 Å². The average molecular weight is 362 g/mol. The maximum atomic E-state index is 11.5. The number of hydrogen-bond acceptors (Lipinski definition) is 5. The van der Waals surface area contributed by atoms with E-state index in [1.165, 1.54) is 20.1 Å². The van der Waals surface area contributed by atoms with Crippen molar-refractivity contribution in [1.82, 2.24) is 0 Å². The molecule has 1 rings (SSSR count). The van der Waals surface area contributed by atoms with Crippen molar-refractivity contribution < 1.29 is 23.8 Å². The van der Waals surface area contributed by atoms with Gasteiger partial charge in [-0.05, 0) is 17.1 Å². The van der Waals surface area contributed by atoms with Gasteiger partial charge in [0, 0.05) is 18.9 Å². The number of rotatable bonds is 8. The van der Waals surface area contributed by atoms with Crippen molar-refractivity contribution in [2.45, 2.75) is 53.4 Å². The molecular formula is C21H30O5. The molecule has 0 aliphatic carbocycles. The molecule has 0 aromatic heterocycles. The summed E-state index contributed by atoms with van der Waals surface area (Å²) in [4.78, 5) is 22.9. The summed E-state index contributed by atoms with van der Waals surface area (Å²) in [6, 6.07) is 9.90. The molecule has 0 saturated carbocycles. The van der Waals surface area contributed by atoms with Gasteiger partial charge in [0.25, 0.3) is 0 Å². The highest BCUT2D eigenvalue weighted by Gasteiger charge is 2.35. The Kier molecular flexibility index (Phi) is 8.52. The zero-order valence-electron chi connectivity index (χ0n) is 16.5. The minimum absolute atomic E-state index is 0.163. The summed E-state index contributed by atoms with van der Waals surface area (Å²) in [5.74, 6) is -1.07. The largest absolute Gasteiger partial charge is 0.466 e. The van der Waals surface area contributed by atoms with Crippen LogP contribution < -0.4 is 0 Å². The van der Waals surface area contributed by atoms with Crippen LogP contribution in [0.1, 0.15) is 40.2 Å². The van der Waals surface area contributed by atoms with Crippen LogP contribution in [0.4, 0.5) is 0 Å². The van der Waals surface area contributed by atoms with E-state index in [1.807, 2.05) is 37.3 Å². The Bertz CT molecular complexity index is 601. The second-order valence-electron chi connectivity index (χ2n) is 7.40. The van der Waals surface area contributed by atoms with Crippen molar-refractivity contribution >= 4 is 11.9 Å². The Morgan fingerprint density at radius 1 is 1.15 bits per heavy atom. The molecule has 0 radical (unpaired) electrons. The minimum Gasteiger partial charge on any atom is -0.466 e. The van der Waals surface area contributed by atoms with E-state index in [0.29, 0.717) is 6.61 Å². The number of hydrogen-bond donors (Lipinski definition) is 0. The molecule has 5 heteroatoms. The van der Waals surface area contributed by atoms with Crippen molar-refractivity contribution in [2.75, 3.05) is 7.11 Å². The summed E-state index contributed by atoms with van der Waals surface area (Å²) in [5, 5.41) is 0. The second kappa shape index (κ2) is 10.1. The molecule has 0 spiro atoms. The Morgan fingerprint density at radius 2 is 1.77 bits per heavy atom. The Hall–Kier alpha value is -2.14. The van der Waals surface area contributed by atoms with Crippen LogP contribution >= 0.6 is 0 Å². The number of methoxy groups -OCH3 is 1. The fourth-order valence-electron chi connectivity index (χ4n) is 2.88. The Labute approximate surface area is 156 Å². The predicted octanol–water partition coefficient (Wildman–Crippen LogP) is 3.91. The van der Waals surface area contributed by atoms with E-state index in [1.54, 1.807) is 6.08 Å². The molecule has 0 amide bonds. The van der Waals surface area contributed by atoms with Gasteiger partial charge in [-0.2, -0.15) is 0 Å². The van der Waals surface area contributed by atoms with Gasteiger partial charge in [-0.25, -0.2) is 4.79 Å². The second-order valence-corrected chi connectivity index (χ2v) is 7.40. The van der Waals surface area contributed by atoms with Crippen LogP contribution in [0, 0.1) is 11.3 Å². The maximum Gasteiger partial charge on any atom is 0.330 e. The van der Waals surface area contributed by atoms with E-state index in [9.17, 15) is 9.59 Å². The smallest absolute Gasteiger partial charge is 0.330 e. The van der Waals surface area contributed by atoms with Crippen LogP contribution in [0.3, 0.4) is 0 Å². The molecule has 0 fully saturated rings. The molecule has 1 aromatic rings. The van der Waals surface area contributed by atoms with Crippen LogP contribution in [0.25, 0.3) is 0 Å². The topological polar surface area (TPSA) is 61.8 Å². The van der Waals surface area contributed by atoms with Crippen LogP contribution in [0.5, 0.6) is 0 Å². The van der Waals surface area contributed by atoms with Crippen molar-refractivity contribution in [2.24, 2.45) is 11.3 Å². The quantitative estimate of drug-likeness (QED) is 0.518. The van der Waals surface area contributed by atoms with E-state index >= 15 is 0 Å². The van der Waals surface area contributed by atoms with E-state index in [-0.39, 0.29) is 17.4 Å². The van der Waals surface area contributed by atoms with Gasteiger partial charge in [0.15, 0.2) is 0 Å². The molecule has 0 N–H and O–H groups in total. The molecule has 5 nitrogen and oxygen atoms in total. The molecular weight excluding hydrogens is 332 g/mol. The standard InChI is InChI=1S/C21H30O5/c1-15(18(26-16(2)22)12-13-19(23)24-6)20(21(3,4)5)25-14-17-10-8-7-9-11-17/h7-13,15,18,20H,14H2,1-6H3/b13-12+/t15-,18+,20-/m1/s1. The summed E-state index contributed by atoms with van der Waals surface area (Å²) in [6.07, 6.45) is 2.05. The molecule has 26 heavy (non-hydrogen) atoms. The highest BCUT2D eigenvalue weighted by molar-refractivity contribution is 5.81. The summed E-state index contributed by atoms with van der Waals surface area (Å²) in [6.45, 7) is 10.00. The molecule has 0 unspecified atom stereocenters. The van der Waals surface area contributed by atoms with Crippen LogP contribution in [0.15, 0.2) is 42.5 Å². The number of ether oxygens (including phenoxy) is 3. The minimum atomic E-state index is -0.591. The van der Waals surface area contributed by atoms with Gasteiger partial charge in [0.1, 0.15) is 6.10 Å². The van der Waals surface area contributed by atoms with Gasteiger partial charge in [-0.15, -0.1) is 0 Å². The first-order valence-corrected chi connectivity index (χ1v) is 8.74. The van der Waals surface area contributed by atoms with E-state index < -0.39 is 18.0 Å². The van der Waals surface area contributed by atoms with Gasteiger partial charge in [0.05, 0.1) is 19.8 Å². The molecule has 0 bridgehead atoms. The molecule has 0 saturated heterocycles. The number of carbonyl (C=O) groups is 2. The third-order valence-electron chi connectivity index (χ3n) is 4.05.